The molecule has 1 saturated heterocycles. The van der Waals surface area contributed by atoms with Crippen LogP contribution in [0.2, 0.25) is 0 Å². The monoisotopic (exact) mass is 320 g/mol. The molecule has 3 heterocycles. The van der Waals surface area contributed by atoms with Crippen molar-refractivity contribution < 1.29 is 19.1 Å². The zero-order valence-corrected chi connectivity index (χ0v) is 12.9. The van der Waals surface area contributed by atoms with E-state index in [0.717, 1.165) is 10.6 Å². The Morgan fingerprint density at radius 2 is 2.27 bits per heavy atom. The van der Waals surface area contributed by atoms with Gasteiger partial charge in [-0.2, -0.15) is 0 Å². The zero-order chi connectivity index (χ0) is 15.7. The summed E-state index contributed by atoms with van der Waals surface area (Å²) in [5.41, 5.74) is 1.19. The van der Waals surface area contributed by atoms with Gasteiger partial charge >= 0.3 is 5.97 Å². The van der Waals surface area contributed by atoms with Gasteiger partial charge in [0.25, 0.3) is 5.91 Å². The highest BCUT2D eigenvalue weighted by Gasteiger charge is 2.33. The molecule has 2 unspecified atom stereocenters. The Balaban J connectivity index is 1.77. The van der Waals surface area contributed by atoms with Crippen molar-refractivity contribution in [2.45, 2.75) is 13.3 Å². The first-order chi connectivity index (χ1) is 10.5. The summed E-state index contributed by atoms with van der Waals surface area (Å²) < 4.78 is 5.02. The van der Waals surface area contributed by atoms with Crippen LogP contribution in [0.5, 0.6) is 0 Å². The average molecular weight is 320 g/mol. The van der Waals surface area contributed by atoms with Gasteiger partial charge in [0.1, 0.15) is 17.0 Å². The number of rotatable bonds is 3. The van der Waals surface area contributed by atoms with Crippen LogP contribution >= 0.6 is 11.3 Å². The molecule has 2 atom stereocenters. The number of hydrogen-bond acceptors (Lipinski definition) is 5. The van der Waals surface area contributed by atoms with E-state index in [1.807, 2.05) is 6.92 Å². The fourth-order valence-corrected chi connectivity index (χ4v) is 3.53. The molecule has 1 N–H and O–H groups in total. The SMILES string of the molecule is CC1CC(C(=O)O)CN(C(=O)c2csc(-c3ccoc3)n2)C1. The van der Waals surface area contributed by atoms with E-state index in [9.17, 15) is 14.7 Å². The number of carboxylic acids is 1. The van der Waals surface area contributed by atoms with Gasteiger partial charge in [0.15, 0.2) is 0 Å². The second-order valence-corrected chi connectivity index (χ2v) is 6.49. The van der Waals surface area contributed by atoms with Gasteiger partial charge in [-0.1, -0.05) is 6.92 Å². The molecule has 0 radical (unpaired) electrons. The number of piperidine rings is 1. The van der Waals surface area contributed by atoms with Gasteiger partial charge in [0, 0.05) is 24.0 Å². The van der Waals surface area contributed by atoms with Gasteiger partial charge in [-0.3, -0.25) is 9.59 Å². The summed E-state index contributed by atoms with van der Waals surface area (Å²) in [6.07, 6.45) is 3.75. The van der Waals surface area contributed by atoms with Crippen molar-refractivity contribution in [1.82, 2.24) is 9.88 Å². The lowest BCUT2D eigenvalue weighted by Gasteiger charge is -2.34. The number of aliphatic carboxylic acids is 1. The number of thiazole rings is 1. The van der Waals surface area contributed by atoms with Gasteiger partial charge in [-0.05, 0) is 18.4 Å². The molecule has 0 saturated carbocycles. The number of carbonyl (C=O) groups excluding carboxylic acids is 1. The zero-order valence-electron chi connectivity index (χ0n) is 12.1. The molecular formula is C15H16N2O4S. The van der Waals surface area contributed by atoms with Crippen LogP contribution in [0.3, 0.4) is 0 Å². The number of carbonyl (C=O) groups is 2. The minimum Gasteiger partial charge on any atom is -0.481 e. The van der Waals surface area contributed by atoms with Gasteiger partial charge in [0.2, 0.25) is 0 Å². The molecule has 1 amide bonds. The van der Waals surface area contributed by atoms with Gasteiger partial charge in [0.05, 0.1) is 12.2 Å². The quantitative estimate of drug-likeness (QED) is 0.939. The van der Waals surface area contributed by atoms with E-state index in [1.165, 1.54) is 11.3 Å². The van der Waals surface area contributed by atoms with Gasteiger partial charge < -0.3 is 14.4 Å². The van der Waals surface area contributed by atoms with Crippen molar-refractivity contribution >= 4 is 23.2 Å². The lowest BCUT2D eigenvalue weighted by molar-refractivity contribution is -0.143. The van der Waals surface area contributed by atoms with E-state index < -0.39 is 11.9 Å². The fourth-order valence-electron chi connectivity index (χ4n) is 2.75. The fraction of sp³-hybridized carbons (Fsp3) is 0.400. The van der Waals surface area contributed by atoms with E-state index in [1.54, 1.807) is 28.9 Å². The third-order valence-electron chi connectivity index (χ3n) is 3.79. The predicted octanol–water partition coefficient (Wildman–Crippen LogP) is 2.59. The Labute approximate surface area is 131 Å². The Morgan fingerprint density at radius 1 is 1.45 bits per heavy atom. The summed E-state index contributed by atoms with van der Waals surface area (Å²) in [4.78, 5) is 29.7. The molecule has 116 valence electrons. The van der Waals surface area contributed by atoms with Crippen LogP contribution in [0, 0.1) is 11.8 Å². The number of likely N-dealkylation sites (tertiary alicyclic amines) is 1. The number of furan rings is 1. The van der Waals surface area contributed by atoms with E-state index in [-0.39, 0.29) is 18.4 Å². The molecule has 1 fully saturated rings. The molecule has 7 heteroatoms. The average Bonchev–Trinajstić information content (AvgIpc) is 3.16. The molecular weight excluding hydrogens is 304 g/mol. The van der Waals surface area contributed by atoms with Crippen LogP contribution in [0.25, 0.3) is 10.6 Å². The molecule has 0 bridgehead atoms. The molecule has 1 aliphatic heterocycles. The summed E-state index contributed by atoms with van der Waals surface area (Å²) in [5.74, 6) is -1.38. The number of aromatic nitrogens is 1. The maximum Gasteiger partial charge on any atom is 0.308 e. The topological polar surface area (TPSA) is 83.6 Å². The highest BCUT2D eigenvalue weighted by Crippen LogP contribution is 2.27. The van der Waals surface area contributed by atoms with Crippen LogP contribution in [-0.4, -0.2) is 40.0 Å². The van der Waals surface area contributed by atoms with Gasteiger partial charge in [-0.25, -0.2) is 4.98 Å². The second kappa shape index (κ2) is 5.92. The molecule has 3 rings (SSSR count). The molecule has 0 aliphatic carbocycles. The van der Waals surface area contributed by atoms with Crippen molar-refractivity contribution in [3.8, 4) is 10.6 Å². The number of amides is 1. The largest absolute Gasteiger partial charge is 0.481 e. The third kappa shape index (κ3) is 2.89. The third-order valence-corrected chi connectivity index (χ3v) is 4.68. The van der Waals surface area contributed by atoms with Crippen molar-refractivity contribution in [3.05, 3.63) is 29.7 Å². The molecule has 0 aromatic carbocycles. The summed E-state index contributed by atoms with van der Waals surface area (Å²) in [5, 5.41) is 11.6. The van der Waals surface area contributed by atoms with E-state index in [4.69, 9.17) is 4.42 Å². The van der Waals surface area contributed by atoms with E-state index in [2.05, 4.69) is 4.98 Å². The normalized spacial score (nSPS) is 21.8. The minimum absolute atomic E-state index is 0.172. The van der Waals surface area contributed by atoms with Gasteiger partial charge in [-0.15, -0.1) is 11.3 Å². The number of carboxylic acid groups (broad SMARTS) is 1. The van der Waals surface area contributed by atoms with Crippen molar-refractivity contribution in [3.63, 3.8) is 0 Å². The van der Waals surface area contributed by atoms with Crippen LogP contribution in [0.15, 0.2) is 28.4 Å². The summed E-state index contributed by atoms with van der Waals surface area (Å²) >= 11 is 1.37. The lowest BCUT2D eigenvalue weighted by Crippen LogP contribution is -2.45. The summed E-state index contributed by atoms with van der Waals surface area (Å²) in [6.45, 7) is 2.78. The van der Waals surface area contributed by atoms with Crippen molar-refractivity contribution in [2.75, 3.05) is 13.1 Å². The van der Waals surface area contributed by atoms with Crippen LogP contribution in [-0.2, 0) is 4.79 Å². The summed E-state index contributed by atoms with van der Waals surface area (Å²) in [6, 6.07) is 1.79. The Morgan fingerprint density at radius 3 is 2.95 bits per heavy atom. The standard InChI is InChI=1S/C15H16N2O4S/c1-9-4-11(15(19)20)6-17(5-9)14(18)12-8-22-13(16-12)10-2-3-21-7-10/h2-3,7-9,11H,4-6H2,1H3,(H,19,20). The molecule has 1 aliphatic rings. The Bertz CT molecular complexity index is 680. The number of nitrogens with zero attached hydrogens (tertiary/aromatic N) is 2. The lowest BCUT2D eigenvalue weighted by atomic mass is 9.90. The highest BCUT2D eigenvalue weighted by atomic mass is 32.1. The summed E-state index contributed by atoms with van der Waals surface area (Å²) in [7, 11) is 0. The molecule has 2 aromatic rings. The van der Waals surface area contributed by atoms with Crippen molar-refractivity contribution in [1.29, 1.82) is 0 Å². The van der Waals surface area contributed by atoms with E-state index in [0.29, 0.717) is 18.7 Å². The van der Waals surface area contributed by atoms with Crippen LogP contribution in [0.4, 0.5) is 0 Å². The first-order valence-corrected chi connectivity index (χ1v) is 7.92. The first kappa shape index (κ1) is 14.8. The molecule has 0 spiro atoms. The molecule has 2 aromatic heterocycles. The predicted molar refractivity (Wildman–Crippen MR) is 80.6 cm³/mol. The van der Waals surface area contributed by atoms with Crippen molar-refractivity contribution in [2.24, 2.45) is 11.8 Å². The molecule has 22 heavy (non-hydrogen) atoms. The first-order valence-electron chi connectivity index (χ1n) is 7.04. The van der Waals surface area contributed by atoms with Crippen LogP contribution in [0.1, 0.15) is 23.8 Å². The number of hydrogen-bond donors (Lipinski definition) is 1. The minimum atomic E-state index is -0.846. The maximum absolute atomic E-state index is 12.6. The Hall–Kier alpha value is -2.15. The van der Waals surface area contributed by atoms with E-state index >= 15 is 0 Å². The Kier molecular flexibility index (Phi) is 3.98. The highest BCUT2D eigenvalue weighted by molar-refractivity contribution is 7.13. The second-order valence-electron chi connectivity index (χ2n) is 5.64. The maximum atomic E-state index is 12.6. The molecule has 6 nitrogen and oxygen atoms in total. The smallest absolute Gasteiger partial charge is 0.308 e. The van der Waals surface area contributed by atoms with Crippen LogP contribution < -0.4 is 0 Å².